The molecule has 1 atom stereocenters. The second-order valence-corrected chi connectivity index (χ2v) is 7.56. The molecule has 0 bridgehead atoms. The maximum absolute atomic E-state index is 12.3. The fourth-order valence-corrected chi connectivity index (χ4v) is 3.48. The lowest BCUT2D eigenvalue weighted by atomic mass is 10.1. The minimum absolute atomic E-state index is 0.0643. The van der Waals surface area contributed by atoms with E-state index in [0.29, 0.717) is 11.6 Å². The Hall–Kier alpha value is -1.45. The molecule has 128 valence electrons. The first kappa shape index (κ1) is 18.9. The van der Waals surface area contributed by atoms with Crippen LogP contribution in [0.4, 0.5) is 0 Å². The monoisotopic (exact) mass is 361 g/mol. The fraction of sp³-hybridized carbons (Fsp3) is 0.350. The van der Waals surface area contributed by atoms with Crippen LogP contribution in [0.25, 0.3) is 0 Å². The molecule has 0 fully saturated rings. The standard InChI is InChI=1S/C20H24ClNOS/c1-3-19(24-18-12-10-17(21)11-13-18)20(23)22-14-4-5-16-8-6-15(2)7-9-16/h6-13,19H,3-5,14H2,1-2H3,(H,22,23)/t19-/m1/s1. The largest absolute Gasteiger partial charge is 0.355 e. The van der Waals surface area contributed by atoms with Gasteiger partial charge in [0.1, 0.15) is 0 Å². The number of hydrogen-bond donors (Lipinski definition) is 1. The van der Waals surface area contributed by atoms with Crippen molar-refractivity contribution in [3.05, 3.63) is 64.7 Å². The SMILES string of the molecule is CC[C@@H](Sc1ccc(Cl)cc1)C(=O)NCCCc1ccc(C)cc1. The van der Waals surface area contributed by atoms with Gasteiger partial charge in [-0.25, -0.2) is 0 Å². The summed E-state index contributed by atoms with van der Waals surface area (Å²) in [6.45, 7) is 4.84. The Balaban J connectivity index is 1.75. The van der Waals surface area contributed by atoms with Crippen LogP contribution < -0.4 is 5.32 Å². The fourth-order valence-electron chi connectivity index (χ4n) is 2.37. The van der Waals surface area contributed by atoms with Gasteiger partial charge >= 0.3 is 0 Å². The molecule has 0 saturated heterocycles. The van der Waals surface area contributed by atoms with Gasteiger partial charge in [-0.05, 0) is 56.0 Å². The lowest BCUT2D eigenvalue weighted by Crippen LogP contribution is -2.33. The van der Waals surface area contributed by atoms with E-state index in [-0.39, 0.29) is 11.2 Å². The number of hydrogen-bond acceptors (Lipinski definition) is 2. The molecule has 1 amide bonds. The van der Waals surface area contributed by atoms with Crippen molar-refractivity contribution in [2.75, 3.05) is 6.54 Å². The van der Waals surface area contributed by atoms with Gasteiger partial charge in [-0.15, -0.1) is 11.8 Å². The van der Waals surface area contributed by atoms with E-state index in [2.05, 4.69) is 36.5 Å². The first-order valence-electron chi connectivity index (χ1n) is 8.34. The van der Waals surface area contributed by atoms with Gasteiger partial charge < -0.3 is 5.32 Å². The van der Waals surface area contributed by atoms with Crippen LogP contribution in [0.15, 0.2) is 53.4 Å². The summed E-state index contributed by atoms with van der Waals surface area (Å²) in [6.07, 6.45) is 2.75. The van der Waals surface area contributed by atoms with E-state index < -0.39 is 0 Å². The van der Waals surface area contributed by atoms with E-state index in [9.17, 15) is 4.79 Å². The second-order valence-electron chi connectivity index (χ2n) is 5.85. The first-order chi connectivity index (χ1) is 11.6. The predicted octanol–water partition coefficient (Wildman–Crippen LogP) is 5.27. The quantitative estimate of drug-likeness (QED) is 0.512. The summed E-state index contributed by atoms with van der Waals surface area (Å²) in [6, 6.07) is 16.2. The molecule has 24 heavy (non-hydrogen) atoms. The van der Waals surface area contributed by atoms with Crippen molar-refractivity contribution >= 4 is 29.3 Å². The number of rotatable bonds is 8. The van der Waals surface area contributed by atoms with Crippen LogP contribution in [0.2, 0.25) is 5.02 Å². The third-order valence-corrected chi connectivity index (χ3v) is 5.45. The maximum Gasteiger partial charge on any atom is 0.233 e. The molecule has 0 aliphatic carbocycles. The van der Waals surface area contributed by atoms with Gasteiger partial charge in [0.15, 0.2) is 0 Å². The summed E-state index contributed by atoms with van der Waals surface area (Å²) in [4.78, 5) is 13.4. The highest BCUT2D eigenvalue weighted by atomic mass is 35.5. The average molecular weight is 362 g/mol. The number of carbonyl (C=O) groups is 1. The van der Waals surface area contributed by atoms with Crippen molar-refractivity contribution in [2.45, 2.75) is 43.3 Å². The minimum atomic E-state index is -0.0643. The number of benzene rings is 2. The van der Waals surface area contributed by atoms with Crippen LogP contribution in [0.3, 0.4) is 0 Å². The molecule has 0 aliphatic rings. The molecular formula is C20H24ClNOS. The van der Waals surface area contributed by atoms with E-state index in [1.807, 2.05) is 31.2 Å². The third-order valence-electron chi connectivity index (χ3n) is 3.82. The summed E-state index contributed by atoms with van der Waals surface area (Å²) in [5.74, 6) is 0.112. The van der Waals surface area contributed by atoms with Crippen LogP contribution in [0, 0.1) is 6.92 Å². The van der Waals surface area contributed by atoms with Gasteiger partial charge in [0, 0.05) is 16.5 Å². The van der Waals surface area contributed by atoms with E-state index in [4.69, 9.17) is 11.6 Å². The zero-order valence-electron chi connectivity index (χ0n) is 14.2. The average Bonchev–Trinajstić information content (AvgIpc) is 2.59. The highest BCUT2D eigenvalue weighted by molar-refractivity contribution is 8.00. The lowest BCUT2D eigenvalue weighted by Gasteiger charge is -2.15. The van der Waals surface area contributed by atoms with Crippen LogP contribution in [0.5, 0.6) is 0 Å². The number of aryl methyl sites for hydroxylation is 2. The summed E-state index contributed by atoms with van der Waals surface area (Å²) < 4.78 is 0. The molecule has 2 aromatic carbocycles. The van der Waals surface area contributed by atoms with Gasteiger partial charge in [-0.2, -0.15) is 0 Å². The molecule has 0 saturated carbocycles. The molecule has 2 aromatic rings. The van der Waals surface area contributed by atoms with Crippen LogP contribution in [-0.4, -0.2) is 17.7 Å². The number of carbonyl (C=O) groups excluding carboxylic acids is 1. The molecule has 2 nitrogen and oxygen atoms in total. The summed E-state index contributed by atoms with van der Waals surface area (Å²) in [5.41, 5.74) is 2.59. The van der Waals surface area contributed by atoms with Gasteiger partial charge in [0.05, 0.1) is 5.25 Å². The molecule has 0 spiro atoms. The lowest BCUT2D eigenvalue weighted by molar-refractivity contribution is -0.120. The van der Waals surface area contributed by atoms with Crippen molar-refractivity contribution in [1.82, 2.24) is 5.32 Å². The molecule has 2 rings (SSSR count). The third kappa shape index (κ3) is 6.21. The highest BCUT2D eigenvalue weighted by Crippen LogP contribution is 2.26. The zero-order chi connectivity index (χ0) is 17.4. The normalized spacial score (nSPS) is 12.0. The van der Waals surface area contributed by atoms with Crippen LogP contribution in [-0.2, 0) is 11.2 Å². The minimum Gasteiger partial charge on any atom is -0.355 e. The van der Waals surface area contributed by atoms with E-state index >= 15 is 0 Å². The Kier molecular flexibility index (Phi) is 7.67. The predicted molar refractivity (Wildman–Crippen MR) is 104 cm³/mol. The summed E-state index contributed by atoms with van der Waals surface area (Å²) in [7, 11) is 0. The Labute approximate surface area is 154 Å². The van der Waals surface area contributed by atoms with Gasteiger partial charge in [-0.3, -0.25) is 4.79 Å². The van der Waals surface area contributed by atoms with Crippen molar-refractivity contribution in [3.63, 3.8) is 0 Å². The van der Waals surface area contributed by atoms with Crippen molar-refractivity contribution in [3.8, 4) is 0 Å². The molecule has 1 N–H and O–H groups in total. The van der Waals surface area contributed by atoms with Crippen molar-refractivity contribution < 1.29 is 4.79 Å². The van der Waals surface area contributed by atoms with Gasteiger partial charge in [-0.1, -0.05) is 48.4 Å². The molecular weight excluding hydrogens is 338 g/mol. The molecule has 0 aliphatic heterocycles. The highest BCUT2D eigenvalue weighted by Gasteiger charge is 2.17. The Morgan fingerprint density at radius 2 is 1.79 bits per heavy atom. The Bertz CT molecular complexity index is 640. The molecule has 4 heteroatoms. The van der Waals surface area contributed by atoms with Crippen molar-refractivity contribution in [1.29, 1.82) is 0 Å². The van der Waals surface area contributed by atoms with Crippen LogP contribution >= 0.6 is 23.4 Å². The van der Waals surface area contributed by atoms with Gasteiger partial charge in [0.25, 0.3) is 0 Å². The van der Waals surface area contributed by atoms with Gasteiger partial charge in [0.2, 0.25) is 5.91 Å². The molecule has 0 unspecified atom stereocenters. The number of thioether (sulfide) groups is 1. The first-order valence-corrected chi connectivity index (χ1v) is 9.59. The number of halogens is 1. The topological polar surface area (TPSA) is 29.1 Å². The zero-order valence-corrected chi connectivity index (χ0v) is 15.8. The number of nitrogens with one attached hydrogen (secondary N) is 1. The Morgan fingerprint density at radius 3 is 2.42 bits per heavy atom. The second kappa shape index (κ2) is 9.75. The number of amides is 1. The molecule has 0 radical (unpaired) electrons. The Morgan fingerprint density at radius 1 is 1.12 bits per heavy atom. The van der Waals surface area contributed by atoms with E-state index in [1.54, 1.807) is 11.8 Å². The van der Waals surface area contributed by atoms with Crippen molar-refractivity contribution in [2.24, 2.45) is 0 Å². The summed E-state index contributed by atoms with van der Waals surface area (Å²) in [5, 5.41) is 3.71. The molecule has 0 heterocycles. The maximum atomic E-state index is 12.3. The van der Waals surface area contributed by atoms with E-state index in [1.165, 1.54) is 11.1 Å². The molecule has 0 aromatic heterocycles. The summed E-state index contributed by atoms with van der Waals surface area (Å²) >= 11 is 7.49. The smallest absolute Gasteiger partial charge is 0.233 e. The van der Waals surface area contributed by atoms with E-state index in [0.717, 1.165) is 24.2 Å². The van der Waals surface area contributed by atoms with Crippen LogP contribution in [0.1, 0.15) is 30.9 Å².